The summed E-state index contributed by atoms with van der Waals surface area (Å²) in [7, 11) is 1.85. The Morgan fingerprint density at radius 1 is 0.808 bits per heavy atom. The molecule has 0 bridgehead atoms. The summed E-state index contributed by atoms with van der Waals surface area (Å²) < 4.78 is 0. The lowest BCUT2D eigenvalue weighted by atomic mass is 9.95. The number of allylic oxidation sites excluding steroid dienone is 2. The zero-order chi connectivity index (χ0) is 18.2. The second-order valence-electron chi connectivity index (χ2n) is 6.13. The maximum atomic E-state index is 4.52. The Kier molecular flexibility index (Phi) is 5.95. The average Bonchev–Trinajstić information content (AvgIpc) is 2.73. The predicted molar refractivity (Wildman–Crippen MR) is 114 cm³/mol. The largest absolute Gasteiger partial charge is 0.288 e. The van der Waals surface area contributed by atoms with Crippen molar-refractivity contribution in [2.75, 3.05) is 7.05 Å². The van der Waals surface area contributed by atoms with Gasteiger partial charge in [0.05, 0.1) is 5.71 Å². The standard InChI is InChI=1S/C25H23N/c1-3-20-14-16-21(17-15-20)18-24(22-10-6-4-7-11-22)19-25(26-2)23-12-8-5-9-13-23/h3-17,19H,1,18H2,2H3/b24-19+,26-25?. The summed E-state index contributed by atoms with van der Waals surface area (Å²) in [5.74, 6) is 0. The van der Waals surface area contributed by atoms with E-state index in [4.69, 9.17) is 0 Å². The highest BCUT2D eigenvalue weighted by molar-refractivity contribution is 6.12. The van der Waals surface area contributed by atoms with E-state index in [0.717, 1.165) is 23.3 Å². The van der Waals surface area contributed by atoms with E-state index in [1.54, 1.807) is 0 Å². The van der Waals surface area contributed by atoms with Gasteiger partial charge >= 0.3 is 0 Å². The Labute approximate surface area is 156 Å². The van der Waals surface area contributed by atoms with Gasteiger partial charge in [-0.1, -0.05) is 97.6 Å². The molecule has 1 heteroatoms. The van der Waals surface area contributed by atoms with Crippen molar-refractivity contribution in [3.63, 3.8) is 0 Å². The maximum Gasteiger partial charge on any atom is 0.0646 e. The van der Waals surface area contributed by atoms with Crippen LogP contribution in [0.3, 0.4) is 0 Å². The van der Waals surface area contributed by atoms with Crippen molar-refractivity contribution < 1.29 is 0 Å². The summed E-state index contributed by atoms with van der Waals surface area (Å²) >= 11 is 0. The van der Waals surface area contributed by atoms with E-state index < -0.39 is 0 Å². The SMILES string of the molecule is C=Cc1ccc(C/C(=C\C(=NC)c2ccccc2)c2ccccc2)cc1. The van der Waals surface area contributed by atoms with Crippen molar-refractivity contribution in [2.24, 2.45) is 4.99 Å². The molecule has 0 aliphatic carbocycles. The summed E-state index contributed by atoms with van der Waals surface area (Å²) in [6.07, 6.45) is 4.92. The normalized spacial score (nSPS) is 12.0. The molecule has 128 valence electrons. The molecule has 0 fully saturated rings. The topological polar surface area (TPSA) is 12.4 Å². The summed E-state index contributed by atoms with van der Waals surface area (Å²) in [4.78, 5) is 4.52. The fraction of sp³-hybridized carbons (Fsp3) is 0.0800. The third kappa shape index (κ3) is 4.46. The first-order valence-electron chi connectivity index (χ1n) is 8.79. The number of nitrogens with zero attached hydrogens (tertiary/aromatic N) is 1. The van der Waals surface area contributed by atoms with Crippen molar-refractivity contribution in [2.45, 2.75) is 6.42 Å². The van der Waals surface area contributed by atoms with Crippen LogP contribution >= 0.6 is 0 Å². The van der Waals surface area contributed by atoms with Crippen LogP contribution in [0, 0.1) is 0 Å². The molecule has 26 heavy (non-hydrogen) atoms. The minimum absolute atomic E-state index is 0.854. The number of hydrogen-bond donors (Lipinski definition) is 0. The van der Waals surface area contributed by atoms with Crippen LogP contribution in [0.25, 0.3) is 11.6 Å². The fourth-order valence-corrected chi connectivity index (χ4v) is 2.93. The number of benzene rings is 3. The van der Waals surface area contributed by atoms with Gasteiger partial charge in [-0.25, -0.2) is 0 Å². The molecule has 0 atom stereocenters. The van der Waals surface area contributed by atoms with Crippen LogP contribution < -0.4 is 0 Å². The summed E-state index contributed by atoms with van der Waals surface area (Å²) in [5, 5.41) is 0. The number of aliphatic imine (C=N–C) groups is 1. The fourth-order valence-electron chi connectivity index (χ4n) is 2.93. The maximum absolute atomic E-state index is 4.52. The van der Waals surface area contributed by atoms with Crippen molar-refractivity contribution in [3.05, 3.63) is 120 Å². The van der Waals surface area contributed by atoms with Crippen LogP contribution in [-0.2, 0) is 6.42 Å². The molecule has 0 N–H and O–H groups in total. The minimum atomic E-state index is 0.854. The van der Waals surface area contributed by atoms with Crippen LogP contribution in [0.15, 0.2) is 103 Å². The van der Waals surface area contributed by atoms with Gasteiger partial charge in [-0.15, -0.1) is 0 Å². The first kappa shape index (κ1) is 17.6. The molecule has 0 heterocycles. The number of hydrogen-bond acceptors (Lipinski definition) is 1. The molecule has 0 unspecified atom stereocenters. The summed E-state index contributed by atoms with van der Waals surface area (Å²) in [6.45, 7) is 3.83. The smallest absolute Gasteiger partial charge is 0.0646 e. The van der Waals surface area contributed by atoms with Gasteiger partial charge in [0.1, 0.15) is 0 Å². The van der Waals surface area contributed by atoms with E-state index in [1.165, 1.54) is 16.7 Å². The van der Waals surface area contributed by atoms with Crippen LogP contribution in [0.5, 0.6) is 0 Å². The van der Waals surface area contributed by atoms with Crippen LogP contribution in [0.2, 0.25) is 0 Å². The molecule has 3 aromatic rings. The van der Waals surface area contributed by atoms with Gasteiger partial charge in [0.2, 0.25) is 0 Å². The van der Waals surface area contributed by atoms with Gasteiger partial charge in [-0.2, -0.15) is 0 Å². The molecular formula is C25H23N. The average molecular weight is 337 g/mol. The highest BCUT2D eigenvalue weighted by atomic mass is 14.7. The Balaban J connectivity index is 1.99. The second-order valence-corrected chi connectivity index (χ2v) is 6.13. The van der Waals surface area contributed by atoms with E-state index in [1.807, 2.05) is 37.4 Å². The van der Waals surface area contributed by atoms with Crippen molar-refractivity contribution in [1.29, 1.82) is 0 Å². The van der Waals surface area contributed by atoms with Gasteiger partial charge in [0, 0.05) is 7.05 Å². The minimum Gasteiger partial charge on any atom is -0.288 e. The van der Waals surface area contributed by atoms with Crippen LogP contribution in [0.1, 0.15) is 22.3 Å². The molecule has 0 radical (unpaired) electrons. The van der Waals surface area contributed by atoms with Gasteiger partial charge in [-0.3, -0.25) is 4.99 Å². The van der Waals surface area contributed by atoms with Gasteiger partial charge in [-0.05, 0) is 40.3 Å². The van der Waals surface area contributed by atoms with E-state index in [0.29, 0.717) is 0 Å². The molecule has 1 nitrogen and oxygen atoms in total. The van der Waals surface area contributed by atoms with E-state index in [9.17, 15) is 0 Å². The quantitative estimate of drug-likeness (QED) is 0.484. The highest BCUT2D eigenvalue weighted by Crippen LogP contribution is 2.21. The molecule has 0 aliphatic heterocycles. The Bertz CT molecular complexity index is 901. The number of rotatable bonds is 6. The van der Waals surface area contributed by atoms with E-state index >= 15 is 0 Å². The zero-order valence-electron chi connectivity index (χ0n) is 15.1. The molecule has 0 spiro atoms. The van der Waals surface area contributed by atoms with Gasteiger partial charge in [0.25, 0.3) is 0 Å². The van der Waals surface area contributed by atoms with Crippen molar-refractivity contribution in [1.82, 2.24) is 0 Å². The lowest BCUT2D eigenvalue weighted by Crippen LogP contribution is -2.00. The van der Waals surface area contributed by atoms with E-state index in [2.05, 4.69) is 78.3 Å². The molecule has 0 aliphatic rings. The molecule has 3 rings (SSSR count). The first-order chi connectivity index (χ1) is 12.8. The Hall–Kier alpha value is -3.19. The zero-order valence-corrected chi connectivity index (χ0v) is 15.1. The third-order valence-electron chi connectivity index (χ3n) is 4.38. The van der Waals surface area contributed by atoms with Crippen molar-refractivity contribution in [3.8, 4) is 0 Å². The lowest BCUT2D eigenvalue weighted by molar-refractivity contribution is 1.28. The Morgan fingerprint density at radius 2 is 1.38 bits per heavy atom. The molecule has 0 amide bonds. The van der Waals surface area contributed by atoms with Gasteiger partial charge < -0.3 is 0 Å². The van der Waals surface area contributed by atoms with Crippen molar-refractivity contribution >= 4 is 17.4 Å². The summed E-state index contributed by atoms with van der Waals surface area (Å²) in [5.41, 5.74) is 7.00. The van der Waals surface area contributed by atoms with Crippen LogP contribution in [-0.4, -0.2) is 12.8 Å². The third-order valence-corrected chi connectivity index (χ3v) is 4.38. The lowest BCUT2D eigenvalue weighted by Gasteiger charge is -2.11. The molecule has 3 aromatic carbocycles. The molecule has 0 aromatic heterocycles. The molecule has 0 saturated carbocycles. The summed E-state index contributed by atoms with van der Waals surface area (Å²) in [6, 6.07) is 29.4. The molecular weight excluding hydrogens is 314 g/mol. The molecule has 0 saturated heterocycles. The van der Waals surface area contributed by atoms with Gasteiger partial charge in [0.15, 0.2) is 0 Å². The van der Waals surface area contributed by atoms with Crippen LogP contribution in [0.4, 0.5) is 0 Å². The first-order valence-corrected chi connectivity index (χ1v) is 8.79. The second kappa shape index (κ2) is 8.77. The highest BCUT2D eigenvalue weighted by Gasteiger charge is 2.07. The Morgan fingerprint density at radius 3 is 1.92 bits per heavy atom. The predicted octanol–water partition coefficient (Wildman–Crippen LogP) is 6.07. The van der Waals surface area contributed by atoms with E-state index in [-0.39, 0.29) is 0 Å². The monoisotopic (exact) mass is 337 g/mol.